The third-order valence-electron chi connectivity index (χ3n) is 4.49. The molecule has 1 aliphatic rings. The van der Waals surface area contributed by atoms with Gasteiger partial charge in [-0.05, 0) is 76.3 Å². The summed E-state index contributed by atoms with van der Waals surface area (Å²) in [5.41, 5.74) is 0.757. The molecule has 9 nitrogen and oxygen atoms in total. The standard InChI is InChI=1S/C22H17ClFIN2O7S/c1-32-16-6-11(5-15(25)20(16)34-10-19(29)33-2)7-17-21(30)27(22(31)35-17)9-18(28)26-12-3-4-14(24)13(23)8-12/h3-8H,9-10H2,1-2H3,(H,26,28)/b17-7-. The summed E-state index contributed by atoms with van der Waals surface area (Å²) in [7, 11) is 2.66. The fraction of sp³-hybridized carbons (Fsp3) is 0.182. The molecule has 13 heteroatoms. The molecule has 1 fully saturated rings. The van der Waals surface area contributed by atoms with Gasteiger partial charge in [0.2, 0.25) is 5.91 Å². The second-order valence-electron chi connectivity index (χ2n) is 6.84. The molecule has 0 aromatic heterocycles. The Morgan fingerprint density at radius 1 is 1.23 bits per heavy atom. The topological polar surface area (TPSA) is 111 Å². The number of amides is 3. The number of hydrogen-bond acceptors (Lipinski definition) is 8. The zero-order valence-electron chi connectivity index (χ0n) is 18.2. The summed E-state index contributed by atoms with van der Waals surface area (Å²) in [6, 6.07) is 6.86. The highest BCUT2D eigenvalue weighted by Gasteiger charge is 2.36. The highest BCUT2D eigenvalue weighted by Crippen LogP contribution is 2.37. The van der Waals surface area contributed by atoms with Crippen molar-refractivity contribution < 1.29 is 37.8 Å². The Kier molecular flexibility index (Phi) is 8.97. The number of benzene rings is 2. The van der Waals surface area contributed by atoms with Crippen LogP contribution < -0.4 is 14.8 Å². The number of methoxy groups -OCH3 is 2. The van der Waals surface area contributed by atoms with Crippen LogP contribution in [-0.4, -0.2) is 55.3 Å². The summed E-state index contributed by atoms with van der Waals surface area (Å²) >= 11 is 8.36. The van der Waals surface area contributed by atoms with Gasteiger partial charge < -0.3 is 19.5 Å². The van der Waals surface area contributed by atoms with Crippen LogP contribution >= 0.6 is 46.0 Å². The molecule has 0 saturated carbocycles. The second-order valence-corrected chi connectivity index (χ2v) is 9.41. The third-order valence-corrected chi connectivity index (χ3v) is 6.49. The van der Waals surface area contributed by atoms with Crippen molar-refractivity contribution in [1.82, 2.24) is 4.90 Å². The first-order valence-electron chi connectivity index (χ1n) is 9.70. The number of hydrogen-bond donors (Lipinski definition) is 1. The van der Waals surface area contributed by atoms with Crippen molar-refractivity contribution in [2.75, 3.05) is 32.7 Å². The summed E-state index contributed by atoms with van der Waals surface area (Å²) in [5, 5.41) is 1.67. The predicted molar refractivity (Wildman–Crippen MR) is 136 cm³/mol. The molecule has 1 saturated heterocycles. The lowest BCUT2D eigenvalue weighted by Crippen LogP contribution is -2.36. The number of nitrogens with one attached hydrogen (secondary N) is 1. The van der Waals surface area contributed by atoms with Crippen LogP contribution in [0.2, 0.25) is 5.02 Å². The van der Waals surface area contributed by atoms with Crippen LogP contribution in [0.15, 0.2) is 35.2 Å². The number of rotatable bonds is 8. The number of carbonyl (C=O) groups excluding carboxylic acids is 4. The van der Waals surface area contributed by atoms with Gasteiger partial charge in [0.25, 0.3) is 11.1 Å². The predicted octanol–water partition coefficient (Wildman–Crippen LogP) is 4.32. The zero-order valence-corrected chi connectivity index (χ0v) is 22.0. The van der Waals surface area contributed by atoms with Crippen LogP contribution in [0, 0.1) is 9.39 Å². The van der Waals surface area contributed by atoms with Gasteiger partial charge in [0.15, 0.2) is 18.1 Å². The van der Waals surface area contributed by atoms with Gasteiger partial charge in [-0.15, -0.1) is 0 Å². The van der Waals surface area contributed by atoms with Gasteiger partial charge in [-0.25, -0.2) is 9.18 Å². The number of ether oxygens (including phenoxy) is 3. The van der Waals surface area contributed by atoms with E-state index >= 15 is 0 Å². The molecule has 35 heavy (non-hydrogen) atoms. The molecule has 2 aromatic carbocycles. The van der Waals surface area contributed by atoms with E-state index in [0.29, 0.717) is 32.4 Å². The summed E-state index contributed by atoms with van der Waals surface area (Å²) in [6.45, 7) is -0.842. The summed E-state index contributed by atoms with van der Waals surface area (Å²) in [6.07, 6.45) is 1.48. The molecule has 0 spiro atoms. The first kappa shape index (κ1) is 26.8. The van der Waals surface area contributed by atoms with E-state index in [1.807, 2.05) is 22.6 Å². The average molecular weight is 635 g/mol. The van der Waals surface area contributed by atoms with Crippen molar-refractivity contribution in [3.8, 4) is 11.5 Å². The van der Waals surface area contributed by atoms with Crippen molar-refractivity contribution >= 4 is 80.7 Å². The van der Waals surface area contributed by atoms with E-state index < -0.39 is 35.4 Å². The Balaban J connectivity index is 1.74. The number of anilines is 1. The molecule has 0 atom stereocenters. The van der Waals surface area contributed by atoms with E-state index in [0.717, 1.165) is 11.0 Å². The molecule has 0 aliphatic carbocycles. The molecule has 184 valence electrons. The molecule has 1 aliphatic heterocycles. The van der Waals surface area contributed by atoms with Crippen molar-refractivity contribution in [3.05, 3.63) is 55.2 Å². The Bertz CT molecular complexity index is 1240. The molecular formula is C22H17ClFIN2O7S. The highest BCUT2D eigenvalue weighted by molar-refractivity contribution is 14.1. The Labute approximate surface area is 222 Å². The Morgan fingerprint density at radius 2 is 1.97 bits per heavy atom. The molecule has 0 radical (unpaired) electrons. The largest absolute Gasteiger partial charge is 0.493 e. The summed E-state index contributed by atoms with van der Waals surface area (Å²) in [5.74, 6) is -1.88. The van der Waals surface area contributed by atoms with E-state index in [9.17, 15) is 23.6 Å². The minimum Gasteiger partial charge on any atom is -0.493 e. The second kappa shape index (κ2) is 11.7. The van der Waals surface area contributed by atoms with Gasteiger partial charge >= 0.3 is 5.97 Å². The lowest BCUT2D eigenvalue weighted by molar-refractivity contribution is -0.143. The summed E-state index contributed by atoms with van der Waals surface area (Å²) in [4.78, 5) is 49.8. The maximum absolute atomic E-state index is 13.3. The fourth-order valence-corrected chi connectivity index (χ4v) is 4.66. The summed E-state index contributed by atoms with van der Waals surface area (Å²) < 4.78 is 29.2. The van der Waals surface area contributed by atoms with Gasteiger partial charge in [-0.3, -0.25) is 19.3 Å². The van der Waals surface area contributed by atoms with E-state index in [4.69, 9.17) is 21.1 Å². The minimum atomic E-state index is -0.653. The molecular weight excluding hydrogens is 618 g/mol. The van der Waals surface area contributed by atoms with Crippen LogP contribution in [0.25, 0.3) is 6.08 Å². The van der Waals surface area contributed by atoms with Crippen LogP contribution in [0.4, 0.5) is 14.9 Å². The third kappa shape index (κ3) is 6.64. The molecule has 1 N–H and O–H groups in total. The average Bonchev–Trinajstić information content (AvgIpc) is 3.07. The van der Waals surface area contributed by atoms with E-state index in [1.165, 1.54) is 32.4 Å². The molecule has 3 rings (SSSR count). The van der Waals surface area contributed by atoms with Gasteiger partial charge in [-0.1, -0.05) is 11.6 Å². The Hall–Kier alpha value is -2.84. The quantitative estimate of drug-likeness (QED) is 0.260. The maximum Gasteiger partial charge on any atom is 0.343 e. The van der Waals surface area contributed by atoms with Crippen molar-refractivity contribution in [2.24, 2.45) is 0 Å². The van der Waals surface area contributed by atoms with Crippen molar-refractivity contribution in [3.63, 3.8) is 0 Å². The number of halogens is 3. The van der Waals surface area contributed by atoms with Gasteiger partial charge in [-0.2, -0.15) is 0 Å². The van der Waals surface area contributed by atoms with Crippen molar-refractivity contribution in [2.45, 2.75) is 0 Å². The molecule has 0 bridgehead atoms. The lowest BCUT2D eigenvalue weighted by Gasteiger charge is -2.13. The monoisotopic (exact) mass is 634 g/mol. The van der Waals surface area contributed by atoms with E-state index in [-0.39, 0.29) is 22.2 Å². The smallest absolute Gasteiger partial charge is 0.343 e. The lowest BCUT2D eigenvalue weighted by atomic mass is 10.2. The fourth-order valence-electron chi connectivity index (χ4n) is 2.86. The van der Waals surface area contributed by atoms with Crippen LogP contribution in [-0.2, 0) is 19.1 Å². The number of thioether (sulfide) groups is 1. The van der Waals surface area contributed by atoms with Gasteiger partial charge in [0, 0.05) is 5.69 Å². The number of carbonyl (C=O) groups is 4. The number of imide groups is 1. The zero-order chi connectivity index (χ0) is 25.7. The van der Waals surface area contributed by atoms with E-state index in [1.54, 1.807) is 12.1 Å². The first-order chi connectivity index (χ1) is 16.6. The van der Waals surface area contributed by atoms with E-state index in [2.05, 4.69) is 10.1 Å². The molecule has 0 unspecified atom stereocenters. The molecule has 2 aromatic rings. The van der Waals surface area contributed by atoms with Crippen molar-refractivity contribution in [1.29, 1.82) is 0 Å². The van der Waals surface area contributed by atoms with Crippen LogP contribution in [0.5, 0.6) is 11.5 Å². The molecule has 3 amide bonds. The first-order valence-corrected chi connectivity index (χ1v) is 12.0. The maximum atomic E-state index is 13.3. The normalized spacial score (nSPS) is 14.3. The van der Waals surface area contributed by atoms with Crippen LogP contribution in [0.3, 0.4) is 0 Å². The van der Waals surface area contributed by atoms with Crippen LogP contribution in [0.1, 0.15) is 5.56 Å². The van der Waals surface area contributed by atoms with Gasteiger partial charge in [0.05, 0.1) is 27.7 Å². The highest BCUT2D eigenvalue weighted by atomic mass is 127. The van der Waals surface area contributed by atoms with Gasteiger partial charge in [0.1, 0.15) is 12.4 Å². The number of esters is 1. The minimum absolute atomic E-state index is 0.105. The Morgan fingerprint density at radius 3 is 2.63 bits per heavy atom. The SMILES string of the molecule is COC(=O)COc1c(I)cc(/C=C2\SC(=O)N(CC(=O)Nc3ccc(F)c(Cl)c3)C2=O)cc1OC. The molecule has 1 heterocycles. The number of nitrogens with zero attached hydrogens (tertiary/aromatic N) is 1.